The Morgan fingerprint density at radius 1 is 1.38 bits per heavy atom. The zero-order valence-electron chi connectivity index (χ0n) is 12.8. The van der Waals surface area contributed by atoms with Gasteiger partial charge in [-0.3, -0.25) is 9.69 Å². The van der Waals surface area contributed by atoms with E-state index in [1.165, 1.54) is 16.2 Å². The monoisotopic (exact) mass is 409 g/mol. The van der Waals surface area contributed by atoms with Crippen molar-refractivity contribution in [1.29, 1.82) is 0 Å². The lowest BCUT2D eigenvalue weighted by molar-refractivity contribution is -0.120. The predicted molar refractivity (Wildman–Crippen MR) is 94.8 cm³/mol. The van der Waals surface area contributed by atoms with Crippen LogP contribution >= 0.6 is 27.3 Å². The average molecular weight is 410 g/mol. The molecule has 1 aromatic carbocycles. The van der Waals surface area contributed by atoms with E-state index in [0.717, 1.165) is 15.8 Å². The number of anilines is 1. The summed E-state index contributed by atoms with van der Waals surface area (Å²) in [6.07, 6.45) is 2.57. The van der Waals surface area contributed by atoms with E-state index in [2.05, 4.69) is 26.2 Å². The lowest BCUT2D eigenvalue weighted by Gasteiger charge is -2.22. The van der Waals surface area contributed by atoms with Crippen molar-refractivity contribution in [2.45, 2.75) is 25.5 Å². The molecule has 3 rings (SSSR count). The minimum absolute atomic E-state index is 0.198. The van der Waals surface area contributed by atoms with Gasteiger partial charge in [0.25, 0.3) is 0 Å². The number of benzene rings is 1. The molecule has 2 aromatic rings. The smallest absolute Gasteiger partial charge is 0.410 e. The third-order valence-electron chi connectivity index (χ3n) is 3.70. The molecule has 8 heteroatoms. The first kappa shape index (κ1) is 16.9. The van der Waals surface area contributed by atoms with Crippen LogP contribution in [0, 0.1) is 0 Å². The van der Waals surface area contributed by atoms with E-state index in [0.29, 0.717) is 18.1 Å². The molecule has 1 atom stereocenters. The number of amides is 2. The van der Waals surface area contributed by atoms with Gasteiger partial charge in [0.05, 0.1) is 9.98 Å². The summed E-state index contributed by atoms with van der Waals surface area (Å²) in [5.41, 5.74) is 0.915. The minimum Gasteiger partial charge on any atom is -0.445 e. The SMILES string of the molecule is O=C(Nc1ncc(Br)s1)C1CCCN1C(=O)OCc1ccccc1. The van der Waals surface area contributed by atoms with Crippen LogP contribution in [0.15, 0.2) is 40.3 Å². The standard InChI is InChI=1S/C16H16BrN3O3S/c17-13-9-18-15(24-13)19-14(21)12-7-4-8-20(12)16(22)23-10-11-5-2-1-3-6-11/h1-3,5-6,9,12H,4,7-8,10H2,(H,18,19,21). The van der Waals surface area contributed by atoms with Gasteiger partial charge < -0.3 is 10.1 Å². The van der Waals surface area contributed by atoms with E-state index >= 15 is 0 Å². The number of hydrogen-bond donors (Lipinski definition) is 1. The fourth-order valence-corrected chi connectivity index (χ4v) is 3.67. The van der Waals surface area contributed by atoms with E-state index in [-0.39, 0.29) is 12.5 Å². The van der Waals surface area contributed by atoms with Gasteiger partial charge in [-0.25, -0.2) is 9.78 Å². The number of nitrogens with zero attached hydrogens (tertiary/aromatic N) is 2. The number of carbonyl (C=O) groups is 2. The van der Waals surface area contributed by atoms with Crippen molar-refractivity contribution >= 4 is 44.4 Å². The van der Waals surface area contributed by atoms with Crippen molar-refractivity contribution in [1.82, 2.24) is 9.88 Å². The van der Waals surface area contributed by atoms with Crippen LogP contribution in [-0.2, 0) is 16.1 Å². The van der Waals surface area contributed by atoms with Crippen molar-refractivity contribution in [3.63, 3.8) is 0 Å². The summed E-state index contributed by atoms with van der Waals surface area (Å²) in [5, 5.41) is 3.26. The van der Waals surface area contributed by atoms with Gasteiger partial charge in [0.2, 0.25) is 5.91 Å². The van der Waals surface area contributed by atoms with Gasteiger partial charge in [-0.1, -0.05) is 41.7 Å². The van der Waals surface area contributed by atoms with Crippen LogP contribution in [0.5, 0.6) is 0 Å². The zero-order chi connectivity index (χ0) is 16.9. The number of rotatable bonds is 4. The molecule has 24 heavy (non-hydrogen) atoms. The van der Waals surface area contributed by atoms with Gasteiger partial charge in [-0.2, -0.15) is 0 Å². The number of aromatic nitrogens is 1. The summed E-state index contributed by atoms with van der Waals surface area (Å²) >= 11 is 4.63. The third-order valence-corrected chi connectivity index (χ3v) is 5.09. The average Bonchev–Trinajstić information content (AvgIpc) is 3.22. The second kappa shape index (κ2) is 7.76. The van der Waals surface area contributed by atoms with Crippen LogP contribution in [0.25, 0.3) is 0 Å². The highest BCUT2D eigenvalue weighted by Crippen LogP contribution is 2.25. The van der Waals surface area contributed by atoms with Crippen LogP contribution in [0.3, 0.4) is 0 Å². The fourth-order valence-electron chi connectivity index (χ4n) is 2.56. The van der Waals surface area contributed by atoms with Crippen molar-refractivity contribution in [3.05, 3.63) is 45.9 Å². The quantitative estimate of drug-likeness (QED) is 0.836. The Labute approximate surface area is 152 Å². The first-order valence-corrected chi connectivity index (χ1v) is 9.14. The van der Waals surface area contributed by atoms with Crippen LogP contribution in [0.1, 0.15) is 18.4 Å². The van der Waals surface area contributed by atoms with E-state index in [9.17, 15) is 9.59 Å². The number of hydrogen-bond acceptors (Lipinski definition) is 5. The molecule has 1 aliphatic heterocycles. The van der Waals surface area contributed by atoms with Gasteiger partial charge in [-0.05, 0) is 34.3 Å². The normalized spacial score (nSPS) is 16.9. The molecule has 0 saturated carbocycles. The summed E-state index contributed by atoms with van der Waals surface area (Å²) in [6.45, 7) is 0.719. The Morgan fingerprint density at radius 3 is 2.88 bits per heavy atom. The summed E-state index contributed by atoms with van der Waals surface area (Å²) in [4.78, 5) is 30.3. The van der Waals surface area contributed by atoms with Crippen LogP contribution in [0.2, 0.25) is 0 Å². The highest BCUT2D eigenvalue weighted by molar-refractivity contribution is 9.11. The molecule has 126 valence electrons. The molecule has 0 bridgehead atoms. The van der Waals surface area contributed by atoms with Gasteiger partial charge in [0, 0.05) is 6.54 Å². The number of halogens is 1. The summed E-state index contributed by atoms with van der Waals surface area (Å²) in [5.74, 6) is -0.231. The van der Waals surface area contributed by atoms with Gasteiger partial charge in [-0.15, -0.1) is 0 Å². The Hall–Kier alpha value is -1.93. The van der Waals surface area contributed by atoms with E-state index < -0.39 is 12.1 Å². The first-order valence-electron chi connectivity index (χ1n) is 7.53. The van der Waals surface area contributed by atoms with Crippen LogP contribution in [0.4, 0.5) is 9.93 Å². The Balaban J connectivity index is 1.57. The van der Waals surface area contributed by atoms with Gasteiger partial charge in [0.15, 0.2) is 5.13 Å². The fraction of sp³-hybridized carbons (Fsp3) is 0.312. The molecular weight excluding hydrogens is 394 g/mol. The number of likely N-dealkylation sites (tertiary alicyclic amines) is 1. The maximum absolute atomic E-state index is 12.4. The number of carbonyl (C=O) groups excluding carboxylic acids is 2. The molecule has 1 saturated heterocycles. The molecule has 0 spiro atoms. The Kier molecular flexibility index (Phi) is 5.47. The van der Waals surface area contributed by atoms with Crippen LogP contribution < -0.4 is 5.32 Å². The Morgan fingerprint density at radius 2 is 2.17 bits per heavy atom. The summed E-state index contributed by atoms with van der Waals surface area (Å²) in [7, 11) is 0. The predicted octanol–water partition coefficient (Wildman–Crippen LogP) is 3.65. The summed E-state index contributed by atoms with van der Waals surface area (Å²) in [6, 6.07) is 8.95. The minimum atomic E-state index is -0.518. The first-order chi connectivity index (χ1) is 11.6. The molecule has 1 unspecified atom stereocenters. The topological polar surface area (TPSA) is 71.5 Å². The largest absolute Gasteiger partial charge is 0.445 e. The highest BCUT2D eigenvalue weighted by atomic mass is 79.9. The molecular formula is C16H16BrN3O3S. The maximum atomic E-state index is 12.4. The number of ether oxygens (including phenoxy) is 1. The van der Waals surface area contributed by atoms with Crippen molar-refractivity contribution in [3.8, 4) is 0 Å². The molecule has 2 heterocycles. The van der Waals surface area contributed by atoms with Gasteiger partial charge >= 0.3 is 6.09 Å². The number of nitrogens with one attached hydrogen (secondary N) is 1. The second-order valence-electron chi connectivity index (χ2n) is 5.35. The van der Waals surface area contributed by atoms with E-state index in [1.54, 1.807) is 6.20 Å². The molecule has 0 aliphatic carbocycles. The second-order valence-corrected chi connectivity index (χ2v) is 7.76. The zero-order valence-corrected chi connectivity index (χ0v) is 15.2. The Bertz CT molecular complexity index is 722. The summed E-state index contributed by atoms with van der Waals surface area (Å²) < 4.78 is 6.17. The molecule has 0 radical (unpaired) electrons. The van der Waals surface area contributed by atoms with Crippen molar-refractivity contribution in [2.24, 2.45) is 0 Å². The molecule has 1 aliphatic rings. The lowest BCUT2D eigenvalue weighted by atomic mass is 10.2. The molecule has 1 fully saturated rings. The molecule has 6 nitrogen and oxygen atoms in total. The van der Waals surface area contributed by atoms with E-state index in [4.69, 9.17) is 4.74 Å². The highest BCUT2D eigenvalue weighted by Gasteiger charge is 2.35. The third kappa shape index (κ3) is 4.12. The van der Waals surface area contributed by atoms with Crippen molar-refractivity contribution < 1.29 is 14.3 Å². The van der Waals surface area contributed by atoms with Crippen molar-refractivity contribution in [2.75, 3.05) is 11.9 Å². The van der Waals surface area contributed by atoms with Crippen LogP contribution in [-0.4, -0.2) is 34.5 Å². The lowest BCUT2D eigenvalue weighted by Crippen LogP contribution is -2.43. The number of thiazole rings is 1. The maximum Gasteiger partial charge on any atom is 0.410 e. The van der Waals surface area contributed by atoms with Gasteiger partial charge in [0.1, 0.15) is 12.6 Å². The molecule has 1 aromatic heterocycles. The molecule has 1 N–H and O–H groups in total. The van der Waals surface area contributed by atoms with E-state index in [1.807, 2.05) is 30.3 Å². The molecule has 2 amide bonds.